The van der Waals surface area contributed by atoms with Crippen LogP contribution < -0.4 is 15.4 Å². The number of benzene rings is 1. The molecule has 2 N–H and O–H groups in total. The van der Waals surface area contributed by atoms with Gasteiger partial charge in [-0.1, -0.05) is 12.1 Å². The van der Waals surface area contributed by atoms with Crippen molar-refractivity contribution in [2.75, 3.05) is 20.2 Å². The summed E-state index contributed by atoms with van der Waals surface area (Å²) in [6.45, 7) is 1.73. The van der Waals surface area contributed by atoms with Crippen LogP contribution in [-0.4, -0.2) is 32.3 Å². The van der Waals surface area contributed by atoms with Gasteiger partial charge in [0.1, 0.15) is 5.75 Å². The number of halogens is 4. The van der Waals surface area contributed by atoms with E-state index in [-0.39, 0.29) is 29.7 Å². The molecule has 1 aromatic carbocycles. The molecule has 2 rings (SSSR count). The molecule has 0 heterocycles. The van der Waals surface area contributed by atoms with E-state index in [4.69, 9.17) is 4.74 Å². The molecule has 0 spiro atoms. The zero-order chi connectivity index (χ0) is 16.9. The van der Waals surface area contributed by atoms with Gasteiger partial charge in [-0.3, -0.25) is 4.99 Å². The van der Waals surface area contributed by atoms with E-state index in [2.05, 4.69) is 15.6 Å². The molecule has 1 aliphatic rings. The number of alkyl halides is 3. The van der Waals surface area contributed by atoms with Crippen LogP contribution in [0.25, 0.3) is 0 Å². The van der Waals surface area contributed by atoms with Crippen LogP contribution in [0.3, 0.4) is 0 Å². The molecule has 24 heavy (non-hydrogen) atoms. The van der Waals surface area contributed by atoms with Crippen molar-refractivity contribution in [2.45, 2.75) is 32.5 Å². The van der Waals surface area contributed by atoms with E-state index in [9.17, 15) is 13.2 Å². The largest absolute Gasteiger partial charge is 0.484 e. The van der Waals surface area contributed by atoms with E-state index in [1.165, 1.54) is 12.8 Å². The highest BCUT2D eigenvalue weighted by atomic mass is 127. The van der Waals surface area contributed by atoms with Crippen molar-refractivity contribution in [2.24, 2.45) is 10.9 Å². The molecule has 4 nitrogen and oxygen atoms in total. The van der Waals surface area contributed by atoms with Crippen LogP contribution in [0.1, 0.15) is 24.0 Å². The van der Waals surface area contributed by atoms with Gasteiger partial charge in [0.2, 0.25) is 0 Å². The first kappa shape index (κ1) is 20.9. The second-order valence-corrected chi connectivity index (χ2v) is 5.77. The quantitative estimate of drug-likeness (QED) is 0.390. The minimum atomic E-state index is -4.35. The first-order chi connectivity index (χ1) is 10.9. The predicted molar refractivity (Wildman–Crippen MR) is 99.1 cm³/mol. The Morgan fingerprint density at radius 2 is 2.00 bits per heavy atom. The summed E-state index contributed by atoms with van der Waals surface area (Å²) in [7, 11) is 1.67. The normalized spacial score (nSPS) is 14.8. The Labute approximate surface area is 157 Å². The average Bonchev–Trinajstić information content (AvgIpc) is 3.30. The van der Waals surface area contributed by atoms with Gasteiger partial charge in [-0.15, -0.1) is 24.0 Å². The molecular formula is C16H23F3IN3O. The lowest BCUT2D eigenvalue weighted by Gasteiger charge is -2.16. The van der Waals surface area contributed by atoms with Crippen molar-refractivity contribution in [3.05, 3.63) is 29.3 Å². The molecule has 0 atom stereocenters. The number of rotatable bonds is 6. The molecular weight excluding hydrogens is 434 g/mol. The Morgan fingerprint density at radius 1 is 1.29 bits per heavy atom. The predicted octanol–water partition coefficient (Wildman–Crippen LogP) is 3.63. The van der Waals surface area contributed by atoms with E-state index in [1.807, 2.05) is 13.0 Å². The fourth-order valence-corrected chi connectivity index (χ4v) is 2.06. The summed E-state index contributed by atoms with van der Waals surface area (Å²) >= 11 is 0. The van der Waals surface area contributed by atoms with Gasteiger partial charge in [0, 0.05) is 25.7 Å². The van der Waals surface area contributed by atoms with Crippen molar-refractivity contribution in [3.8, 4) is 5.75 Å². The monoisotopic (exact) mass is 457 g/mol. The fourth-order valence-electron chi connectivity index (χ4n) is 2.06. The van der Waals surface area contributed by atoms with E-state index in [0.29, 0.717) is 24.0 Å². The molecule has 0 bridgehead atoms. The van der Waals surface area contributed by atoms with E-state index < -0.39 is 12.8 Å². The van der Waals surface area contributed by atoms with Crippen LogP contribution in [0.4, 0.5) is 13.2 Å². The Morgan fingerprint density at radius 3 is 2.58 bits per heavy atom. The second kappa shape index (κ2) is 9.33. The van der Waals surface area contributed by atoms with E-state index >= 15 is 0 Å². The lowest BCUT2D eigenvalue weighted by molar-refractivity contribution is -0.153. The molecule has 0 amide bonds. The van der Waals surface area contributed by atoms with Crippen LogP contribution in [-0.2, 0) is 6.54 Å². The maximum atomic E-state index is 12.4. The zero-order valence-corrected chi connectivity index (χ0v) is 16.1. The summed E-state index contributed by atoms with van der Waals surface area (Å²) in [5.41, 5.74) is 1.51. The third-order valence-corrected chi connectivity index (χ3v) is 3.54. The third kappa shape index (κ3) is 7.59. The van der Waals surface area contributed by atoms with Crippen LogP contribution in [0.2, 0.25) is 0 Å². The molecule has 1 fully saturated rings. The number of guanidine groups is 1. The molecule has 1 aliphatic carbocycles. The highest BCUT2D eigenvalue weighted by molar-refractivity contribution is 14.0. The smallest absolute Gasteiger partial charge is 0.422 e. The first-order valence-electron chi connectivity index (χ1n) is 7.61. The standard InChI is InChI=1S/C16H22F3N3O.HI/c1-11-3-6-13(14(7-11)23-10-16(17,18)19)9-22-15(20-2)21-8-12-4-5-12;/h3,6-7,12H,4-5,8-10H2,1-2H3,(H2,20,21,22);1H. The number of nitrogens with one attached hydrogen (secondary N) is 2. The van der Waals surface area contributed by atoms with Gasteiger partial charge in [-0.25, -0.2) is 0 Å². The number of nitrogens with zero attached hydrogens (tertiary/aromatic N) is 1. The molecule has 136 valence electrons. The number of aliphatic imine (C=N–C) groups is 1. The molecule has 0 aliphatic heterocycles. The maximum Gasteiger partial charge on any atom is 0.422 e. The summed E-state index contributed by atoms with van der Waals surface area (Å²) in [6, 6.07) is 5.23. The van der Waals surface area contributed by atoms with Gasteiger partial charge in [0.15, 0.2) is 12.6 Å². The highest BCUT2D eigenvalue weighted by Gasteiger charge is 2.28. The van der Waals surface area contributed by atoms with Gasteiger partial charge in [-0.2, -0.15) is 13.2 Å². The number of hydrogen-bond acceptors (Lipinski definition) is 2. The Balaban J connectivity index is 0.00000288. The summed E-state index contributed by atoms with van der Waals surface area (Å²) in [5, 5.41) is 6.31. The van der Waals surface area contributed by atoms with Crippen molar-refractivity contribution >= 4 is 29.9 Å². The first-order valence-corrected chi connectivity index (χ1v) is 7.61. The second-order valence-electron chi connectivity index (χ2n) is 5.77. The third-order valence-electron chi connectivity index (χ3n) is 3.54. The summed E-state index contributed by atoms with van der Waals surface area (Å²) in [4.78, 5) is 4.11. The fraction of sp³-hybridized carbons (Fsp3) is 0.562. The number of hydrogen-bond donors (Lipinski definition) is 2. The van der Waals surface area contributed by atoms with Gasteiger partial charge < -0.3 is 15.4 Å². The van der Waals surface area contributed by atoms with Gasteiger partial charge in [-0.05, 0) is 37.3 Å². The number of aryl methyl sites for hydroxylation is 1. The van der Waals surface area contributed by atoms with Crippen LogP contribution >= 0.6 is 24.0 Å². The molecule has 1 saturated carbocycles. The van der Waals surface area contributed by atoms with Crippen LogP contribution in [0.5, 0.6) is 5.75 Å². The van der Waals surface area contributed by atoms with Crippen molar-refractivity contribution < 1.29 is 17.9 Å². The topological polar surface area (TPSA) is 45.7 Å². The van der Waals surface area contributed by atoms with Crippen molar-refractivity contribution in [3.63, 3.8) is 0 Å². The molecule has 0 aromatic heterocycles. The van der Waals surface area contributed by atoms with Gasteiger partial charge >= 0.3 is 6.18 Å². The van der Waals surface area contributed by atoms with E-state index in [0.717, 1.165) is 12.1 Å². The average molecular weight is 457 g/mol. The molecule has 0 radical (unpaired) electrons. The molecule has 0 unspecified atom stereocenters. The van der Waals surface area contributed by atoms with Crippen molar-refractivity contribution in [1.82, 2.24) is 10.6 Å². The van der Waals surface area contributed by atoms with E-state index in [1.54, 1.807) is 19.2 Å². The summed E-state index contributed by atoms with van der Waals surface area (Å²) < 4.78 is 42.0. The summed E-state index contributed by atoms with van der Waals surface area (Å²) in [5.74, 6) is 1.59. The molecule has 1 aromatic rings. The maximum absolute atomic E-state index is 12.4. The van der Waals surface area contributed by atoms with Gasteiger partial charge in [0.25, 0.3) is 0 Å². The minimum Gasteiger partial charge on any atom is -0.484 e. The Hall–Kier alpha value is -1.19. The lowest BCUT2D eigenvalue weighted by atomic mass is 10.1. The van der Waals surface area contributed by atoms with Crippen LogP contribution in [0.15, 0.2) is 23.2 Å². The van der Waals surface area contributed by atoms with Gasteiger partial charge in [0.05, 0.1) is 0 Å². The highest BCUT2D eigenvalue weighted by Crippen LogP contribution is 2.27. The SMILES string of the molecule is CN=C(NCc1ccc(C)cc1OCC(F)(F)F)NCC1CC1.I. The van der Waals surface area contributed by atoms with Crippen LogP contribution in [0, 0.1) is 12.8 Å². The summed E-state index contributed by atoms with van der Waals surface area (Å²) in [6.07, 6.45) is -1.88. The Bertz CT molecular complexity index is 560. The van der Waals surface area contributed by atoms with Crippen molar-refractivity contribution in [1.29, 1.82) is 0 Å². The number of ether oxygens (including phenoxy) is 1. The molecule has 0 saturated heterocycles. The molecule has 8 heteroatoms. The minimum absolute atomic E-state index is 0. The Kier molecular flexibility index (Phi) is 8.11. The lowest BCUT2D eigenvalue weighted by Crippen LogP contribution is -2.38. The zero-order valence-electron chi connectivity index (χ0n) is 13.7.